The van der Waals surface area contributed by atoms with Gasteiger partial charge in [-0.15, -0.1) is 0 Å². The average Bonchev–Trinajstić information content (AvgIpc) is 2.91. The van der Waals surface area contributed by atoms with E-state index < -0.39 is 34.3 Å². The van der Waals surface area contributed by atoms with Crippen LogP contribution in [0.5, 0.6) is 0 Å². The molecule has 0 heterocycles. The Kier molecular flexibility index (Phi) is 10.5. The number of hydrogen-bond acceptors (Lipinski definition) is 4. The van der Waals surface area contributed by atoms with E-state index in [-0.39, 0.29) is 30.5 Å². The van der Waals surface area contributed by atoms with Crippen molar-refractivity contribution >= 4 is 27.5 Å². The monoisotopic (exact) mass is 567 g/mol. The number of hydrogen-bond donors (Lipinski definition) is 1. The van der Waals surface area contributed by atoms with Gasteiger partial charge in [-0.3, -0.25) is 13.9 Å². The van der Waals surface area contributed by atoms with E-state index in [1.165, 1.54) is 11.0 Å². The van der Waals surface area contributed by atoms with Crippen LogP contribution < -0.4 is 9.62 Å². The van der Waals surface area contributed by atoms with E-state index in [0.29, 0.717) is 12.1 Å². The molecule has 3 aromatic carbocycles. The van der Waals surface area contributed by atoms with Crippen molar-refractivity contribution in [3.63, 3.8) is 0 Å². The van der Waals surface area contributed by atoms with Crippen LogP contribution in [0.2, 0.25) is 0 Å². The summed E-state index contributed by atoms with van der Waals surface area (Å²) >= 11 is 0. The van der Waals surface area contributed by atoms with Gasteiger partial charge in [0.05, 0.1) is 11.9 Å². The summed E-state index contributed by atoms with van der Waals surface area (Å²) < 4.78 is 41.6. The van der Waals surface area contributed by atoms with Crippen molar-refractivity contribution in [3.8, 4) is 0 Å². The fraction of sp³-hybridized carbons (Fsp3) is 0.355. The van der Waals surface area contributed by atoms with Gasteiger partial charge in [0.25, 0.3) is 0 Å². The third-order valence-corrected chi connectivity index (χ3v) is 8.17. The van der Waals surface area contributed by atoms with E-state index in [1.807, 2.05) is 58.0 Å². The minimum Gasteiger partial charge on any atom is -0.352 e. The number of nitrogens with zero attached hydrogens (tertiary/aromatic N) is 2. The van der Waals surface area contributed by atoms with Crippen molar-refractivity contribution in [3.05, 3.63) is 101 Å². The van der Waals surface area contributed by atoms with Crippen molar-refractivity contribution in [2.24, 2.45) is 0 Å². The second kappa shape index (κ2) is 13.6. The predicted octanol–water partition coefficient (Wildman–Crippen LogP) is 4.76. The molecule has 0 radical (unpaired) electrons. The van der Waals surface area contributed by atoms with E-state index in [9.17, 15) is 22.4 Å². The Bertz CT molecular complexity index is 1430. The normalized spacial score (nSPS) is 12.8. The van der Waals surface area contributed by atoms with Crippen LogP contribution in [-0.4, -0.2) is 50.0 Å². The molecule has 40 heavy (non-hydrogen) atoms. The highest BCUT2D eigenvalue weighted by molar-refractivity contribution is 7.92. The quantitative estimate of drug-likeness (QED) is 0.342. The maximum Gasteiger partial charge on any atom is 0.244 e. The highest BCUT2D eigenvalue weighted by atomic mass is 32.2. The maximum atomic E-state index is 14.8. The van der Waals surface area contributed by atoms with Gasteiger partial charge in [-0.2, -0.15) is 0 Å². The summed E-state index contributed by atoms with van der Waals surface area (Å²) in [6.45, 7) is 6.83. The number of anilines is 1. The zero-order valence-electron chi connectivity index (χ0n) is 23.7. The molecule has 0 spiro atoms. The summed E-state index contributed by atoms with van der Waals surface area (Å²) in [6, 6.07) is 19.3. The number of carbonyl (C=O) groups excluding carboxylic acids is 2. The van der Waals surface area contributed by atoms with Crippen molar-refractivity contribution in [2.45, 2.75) is 59.2 Å². The van der Waals surface area contributed by atoms with E-state index in [0.717, 1.165) is 27.3 Å². The highest BCUT2D eigenvalue weighted by Crippen LogP contribution is 2.23. The molecule has 0 aliphatic rings. The van der Waals surface area contributed by atoms with E-state index in [4.69, 9.17) is 0 Å². The summed E-state index contributed by atoms with van der Waals surface area (Å²) in [4.78, 5) is 29.0. The molecular weight excluding hydrogens is 529 g/mol. The molecule has 3 rings (SSSR count). The van der Waals surface area contributed by atoms with Gasteiger partial charge >= 0.3 is 0 Å². The first kappa shape index (κ1) is 30.8. The van der Waals surface area contributed by atoms with Gasteiger partial charge in [0.2, 0.25) is 21.8 Å². The van der Waals surface area contributed by atoms with Crippen LogP contribution in [0.4, 0.5) is 10.1 Å². The lowest BCUT2D eigenvalue weighted by Crippen LogP contribution is -2.54. The lowest BCUT2D eigenvalue weighted by atomic mass is 10.0. The Hall–Kier alpha value is -3.72. The van der Waals surface area contributed by atoms with Crippen LogP contribution in [-0.2, 0) is 32.6 Å². The highest BCUT2D eigenvalue weighted by Gasteiger charge is 2.33. The Morgan fingerprint density at radius 2 is 1.60 bits per heavy atom. The third kappa shape index (κ3) is 8.14. The molecule has 9 heteroatoms. The fourth-order valence-electron chi connectivity index (χ4n) is 4.30. The van der Waals surface area contributed by atoms with Crippen molar-refractivity contribution in [1.82, 2.24) is 10.2 Å². The van der Waals surface area contributed by atoms with Crippen LogP contribution in [0.25, 0.3) is 0 Å². The molecule has 0 fully saturated rings. The lowest BCUT2D eigenvalue weighted by Gasteiger charge is -2.34. The number of aryl methyl sites for hydroxylation is 2. The second-order valence-electron chi connectivity index (χ2n) is 10.2. The molecule has 0 aliphatic heterocycles. The Balaban J connectivity index is 2.08. The molecule has 2 atom stereocenters. The topological polar surface area (TPSA) is 86.8 Å². The van der Waals surface area contributed by atoms with Crippen LogP contribution in [0, 0.1) is 19.7 Å². The van der Waals surface area contributed by atoms with Gasteiger partial charge in [-0.1, -0.05) is 61.5 Å². The number of nitrogens with one attached hydrogen (secondary N) is 1. The Morgan fingerprint density at radius 3 is 2.20 bits per heavy atom. The zero-order chi connectivity index (χ0) is 29.4. The molecule has 2 amide bonds. The molecule has 3 aromatic rings. The molecule has 214 valence electrons. The van der Waals surface area contributed by atoms with Crippen LogP contribution in [0.3, 0.4) is 0 Å². The summed E-state index contributed by atoms with van der Waals surface area (Å²) in [7, 11) is -3.87. The predicted molar refractivity (Wildman–Crippen MR) is 157 cm³/mol. The lowest BCUT2D eigenvalue weighted by molar-refractivity contribution is -0.140. The molecule has 2 unspecified atom stereocenters. The Labute approximate surface area is 237 Å². The summed E-state index contributed by atoms with van der Waals surface area (Å²) in [6.07, 6.45) is 1.89. The van der Waals surface area contributed by atoms with Crippen LogP contribution in [0.15, 0.2) is 72.8 Å². The number of carbonyl (C=O) groups is 2. The number of sulfonamides is 1. The minimum atomic E-state index is -3.87. The Morgan fingerprint density at radius 1 is 0.950 bits per heavy atom. The molecular formula is C31H38FN3O4S. The fourth-order valence-corrected chi connectivity index (χ4v) is 5.14. The maximum absolute atomic E-state index is 14.8. The van der Waals surface area contributed by atoms with Gasteiger partial charge in [0.1, 0.15) is 18.4 Å². The van der Waals surface area contributed by atoms with Crippen LogP contribution >= 0.6 is 0 Å². The van der Waals surface area contributed by atoms with Crippen molar-refractivity contribution in [1.29, 1.82) is 0 Å². The summed E-state index contributed by atoms with van der Waals surface area (Å²) in [5, 5.41) is 2.96. The smallest absolute Gasteiger partial charge is 0.244 e. The second-order valence-corrected chi connectivity index (χ2v) is 12.1. The van der Waals surface area contributed by atoms with Gasteiger partial charge in [-0.25, -0.2) is 12.8 Å². The molecule has 1 N–H and O–H groups in total. The van der Waals surface area contributed by atoms with E-state index in [2.05, 4.69) is 5.32 Å². The molecule has 7 nitrogen and oxygen atoms in total. The van der Waals surface area contributed by atoms with Gasteiger partial charge in [0.15, 0.2) is 0 Å². The van der Waals surface area contributed by atoms with Gasteiger partial charge < -0.3 is 10.2 Å². The molecule has 0 bridgehead atoms. The largest absolute Gasteiger partial charge is 0.352 e. The first-order valence-electron chi connectivity index (χ1n) is 13.3. The van der Waals surface area contributed by atoms with Crippen molar-refractivity contribution < 1.29 is 22.4 Å². The number of amides is 2. The number of halogens is 1. The number of rotatable bonds is 12. The molecule has 0 saturated carbocycles. The number of benzene rings is 3. The van der Waals surface area contributed by atoms with Gasteiger partial charge in [0, 0.05) is 24.6 Å². The molecule has 0 aromatic heterocycles. The zero-order valence-corrected chi connectivity index (χ0v) is 24.5. The van der Waals surface area contributed by atoms with E-state index >= 15 is 0 Å². The molecule has 0 aliphatic carbocycles. The van der Waals surface area contributed by atoms with E-state index in [1.54, 1.807) is 36.4 Å². The van der Waals surface area contributed by atoms with Crippen molar-refractivity contribution in [2.75, 3.05) is 17.1 Å². The molecule has 0 saturated heterocycles. The minimum absolute atomic E-state index is 0.153. The standard InChI is InChI=1S/C31H38FN3O4S/c1-6-24(4)33-31(37)29(19-25-12-8-7-9-13-25)34(20-26-14-10-11-15-28(26)32)30(36)21-35(40(5,38)39)27-17-16-22(2)23(3)18-27/h7-18,24,29H,6,19-21H2,1-5H3,(H,33,37). The first-order chi connectivity index (χ1) is 18.9. The SMILES string of the molecule is CCC(C)NC(=O)C(Cc1ccccc1)N(Cc1ccccc1F)C(=O)CN(c1ccc(C)c(C)c1)S(C)(=O)=O. The van der Waals surface area contributed by atoms with Gasteiger partial charge in [-0.05, 0) is 62.1 Å². The van der Waals surface area contributed by atoms with Crippen LogP contribution in [0.1, 0.15) is 42.5 Å². The summed E-state index contributed by atoms with van der Waals surface area (Å²) in [5.41, 5.74) is 3.23. The first-order valence-corrected chi connectivity index (χ1v) is 15.2. The third-order valence-electron chi connectivity index (χ3n) is 7.03. The summed E-state index contributed by atoms with van der Waals surface area (Å²) in [5.74, 6) is -1.53. The average molecular weight is 568 g/mol.